The number of carbonyl (C=O) groups is 1. The van der Waals surface area contributed by atoms with Crippen molar-refractivity contribution in [2.24, 2.45) is 0 Å². The summed E-state index contributed by atoms with van der Waals surface area (Å²) < 4.78 is 0. The normalized spacial score (nSPS) is 8.82. The van der Waals surface area contributed by atoms with Gasteiger partial charge in [-0.15, -0.1) is 0 Å². The van der Waals surface area contributed by atoms with Gasteiger partial charge < -0.3 is 9.90 Å². The summed E-state index contributed by atoms with van der Waals surface area (Å²) in [7, 11) is 0. The van der Waals surface area contributed by atoms with Crippen LogP contribution in [0.2, 0.25) is 0 Å². The zero-order chi connectivity index (χ0) is 7.82. The van der Waals surface area contributed by atoms with Crippen molar-refractivity contribution in [1.29, 1.82) is 0 Å². The average molecular weight is 195 g/mol. The van der Waals surface area contributed by atoms with Gasteiger partial charge in [-0.1, -0.05) is 32.6 Å². The van der Waals surface area contributed by atoms with E-state index in [-0.39, 0.29) is 23.8 Å². The van der Waals surface area contributed by atoms with Gasteiger partial charge in [0, 0.05) is 5.97 Å². The molecule has 0 N–H and O–H groups in total. The first-order valence-electron chi connectivity index (χ1n) is 3.97. The number of rotatable bonds is 6. The summed E-state index contributed by atoms with van der Waals surface area (Å²) in [4.78, 5) is 9.92. The number of hydrogen-bond acceptors (Lipinski definition) is 2. The molecule has 0 saturated carbocycles. The monoisotopic (exact) mass is 195 g/mol. The van der Waals surface area contributed by atoms with Gasteiger partial charge in [-0.25, -0.2) is 0 Å². The Kier molecular flexibility index (Phi) is 12.4. The number of carboxylic acids is 1. The second kappa shape index (κ2) is 10.0. The predicted molar refractivity (Wildman–Crippen MR) is 38.4 cm³/mol. The Balaban J connectivity index is 0. The summed E-state index contributed by atoms with van der Waals surface area (Å²) in [6.45, 7) is 2.14. The van der Waals surface area contributed by atoms with Crippen molar-refractivity contribution in [3.8, 4) is 0 Å². The fourth-order valence-corrected chi connectivity index (χ4v) is 0.873. The standard InChI is InChI=1S/C8H16O2.Cr/c1-2-3-4-5-6-7-8(9)10;/h2-7H2,1H3,(H,9,10);/q;+3/p-1. The van der Waals surface area contributed by atoms with E-state index in [1.807, 2.05) is 0 Å². The van der Waals surface area contributed by atoms with Gasteiger partial charge in [-0.3, -0.25) is 0 Å². The Hall–Kier alpha value is 0.00247. The molecule has 0 amide bonds. The van der Waals surface area contributed by atoms with Gasteiger partial charge in [0.25, 0.3) is 0 Å². The topological polar surface area (TPSA) is 40.1 Å². The molecule has 0 saturated heterocycles. The van der Waals surface area contributed by atoms with E-state index < -0.39 is 5.97 Å². The first-order chi connectivity index (χ1) is 4.77. The van der Waals surface area contributed by atoms with Gasteiger partial charge in [-0.2, -0.15) is 0 Å². The molecule has 2 nitrogen and oxygen atoms in total. The summed E-state index contributed by atoms with van der Waals surface area (Å²) in [5.74, 6) is -0.920. The smallest absolute Gasteiger partial charge is 0.550 e. The molecule has 0 aliphatic carbocycles. The van der Waals surface area contributed by atoms with E-state index in [9.17, 15) is 9.90 Å². The molecule has 0 aromatic heterocycles. The number of unbranched alkanes of at least 4 members (excludes halogenated alkanes) is 4. The second-order valence-corrected chi connectivity index (χ2v) is 2.54. The molecule has 1 radical (unpaired) electrons. The number of carboxylic acid groups (broad SMARTS) is 1. The SMILES string of the molecule is CCCCCCCC(=O)[O-].[Cr+3]. The molecule has 0 aromatic carbocycles. The fraction of sp³-hybridized carbons (Fsp3) is 0.875. The number of carbonyl (C=O) groups excluding carboxylic acids is 1. The van der Waals surface area contributed by atoms with Gasteiger partial charge in [0.05, 0.1) is 0 Å². The van der Waals surface area contributed by atoms with Gasteiger partial charge in [0.2, 0.25) is 0 Å². The maximum Gasteiger partial charge on any atom is 3.00 e. The van der Waals surface area contributed by atoms with Crippen LogP contribution >= 0.6 is 0 Å². The average Bonchev–Trinajstić information content (AvgIpc) is 1.87. The Bertz CT molecular complexity index is 94.1. The van der Waals surface area contributed by atoms with Gasteiger partial charge >= 0.3 is 17.4 Å². The van der Waals surface area contributed by atoms with Crippen molar-refractivity contribution in [2.75, 3.05) is 0 Å². The molecule has 0 bridgehead atoms. The summed E-state index contributed by atoms with van der Waals surface area (Å²) in [5.41, 5.74) is 0. The van der Waals surface area contributed by atoms with Crippen LogP contribution in [0.3, 0.4) is 0 Å². The quantitative estimate of drug-likeness (QED) is 0.595. The van der Waals surface area contributed by atoms with E-state index in [1.54, 1.807) is 0 Å². The van der Waals surface area contributed by atoms with Crippen molar-refractivity contribution in [3.63, 3.8) is 0 Å². The van der Waals surface area contributed by atoms with Crippen LogP contribution in [0, 0.1) is 0 Å². The molecule has 0 fully saturated rings. The molecule has 0 spiro atoms. The molecule has 0 aliphatic rings. The van der Waals surface area contributed by atoms with Crippen molar-refractivity contribution in [1.82, 2.24) is 0 Å². The van der Waals surface area contributed by atoms with Crippen LogP contribution in [0.5, 0.6) is 0 Å². The van der Waals surface area contributed by atoms with Crippen LogP contribution in [0.25, 0.3) is 0 Å². The van der Waals surface area contributed by atoms with Crippen LogP contribution < -0.4 is 5.11 Å². The molecule has 3 heteroatoms. The van der Waals surface area contributed by atoms with E-state index in [2.05, 4.69) is 6.92 Å². The first-order valence-corrected chi connectivity index (χ1v) is 3.97. The summed E-state index contributed by atoms with van der Waals surface area (Å²) in [6.07, 6.45) is 5.61. The first kappa shape index (κ1) is 13.6. The third kappa shape index (κ3) is 13.1. The maximum absolute atomic E-state index is 9.92. The zero-order valence-electron chi connectivity index (χ0n) is 6.97. The van der Waals surface area contributed by atoms with E-state index >= 15 is 0 Å². The molecule has 11 heavy (non-hydrogen) atoms. The fourth-order valence-electron chi connectivity index (χ4n) is 0.873. The molecule has 0 unspecified atom stereocenters. The molecule has 0 rings (SSSR count). The number of aliphatic carboxylic acids is 1. The molecular weight excluding hydrogens is 180 g/mol. The van der Waals surface area contributed by atoms with E-state index in [4.69, 9.17) is 0 Å². The molecule has 0 atom stereocenters. The largest absolute Gasteiger partial charge is 3.00 e. The minimum absolute atomic E-state index is 0. The molecule has 0 aliphatic heterocycles. The minimum Gasteiger partial charge on any atom is -0.550 e. The Morgan fingerprint density at radius 1 is 1.18 bits per heavy atom. The minimum atomic E-state index is -0.920. The molecular formula is C8H15CrO2+2. The zero-order valence-corrected chi connectivity index (χ0v) is 8.24. The van der Waals surface area contributed by atoms with E-state index in [0.717, 1.165) is 19.3 Å². The van der Waals surface area contributed by atoms with Gasteiger partial charge in [0.15, 0.2) is 0 Å². The van der Waals surface area contributed by atoms with Crippen LogP contribution in [0.4, 0.5) is 0 Å². The van der Waals surface area contributed by atoms with Crippen molar-refractivity contribution >= 4 is 5.97 Å². The number of hydrogen-bond donors (Lipinski definition) is 0. The Morgan fingerprint density at radius 2 is 1.73 bits per heavy atom. The third-order valence-electron chi connectivity index (χ3n) is 1.48. The van der Waals surface area contributed by atoms with Crippen LogP contribution in [-0.4, -0.2) is 5.97 Å². The van der Waals surface area contributed by atoms with E-state index in [1.165, 1.54) is 12.8 Å². The van der Waals surface area contributed by atoms with Gasteiger partial charge in [-0.05, 0) is 12.8 Å². The van der Waals surface area contributed by atoms with Crippen molar-refractivity contribution < 1.29 is 27.3 Å². The summed E-state index contributed by atoms with van der Waals surface area (Å²) in [5, 5.41) is 9.92. The Labute approximate surface area is 79.1 Å². The third-order valence-corrected chi connectivity index (χ3v) is 1.48. The second-order valence-electron chi connectivity index (χ2n) is 2.54. The Morgan fingerprint density at radius 3 is 2.18 bits per heavy atom. The summed E-state index contributed by atoms with van der Waals surface area (Å²) in [6, 6.07) is 0. The van der Waals surface area contributed by atoms with Crippen LogP contribution in [-0.2, 0) is 22.2 Å². The molecule has 0 aromatic rings. The van der Waals surface area contributed by atoms with E-state index in [0.29, 0.717) is 0 Å². The van der Waals surface area contributed by atoms with Gasteiger partial charge in [0.1, 0.15) is 0 Å². The molecule has 0 heterocycles. The molecule has 63 valence electrons. The summed E-state index contributed by atoms with van der Waals surface area (Å²) >= 11 is 0. The van der Waals surface area contributed by atoms with Crippen LogP contribution in [0.1, 0.15) is 45.4 Å². The van der Waals surface area contributed by atoms with Crippen molar-refractivity contribution in [2.45, 2.75) is 45.4 Å². The van der Waals surface area contributed by atoms with Crippen molar-refractivity contribution in [3.05, 3.63) is 0 Å². The predicted octanol–water partition coefficient (Wildman–Crippen LogP) is 1.09. The maximum atomic E-state index is 9.92. The van der Waals surface area contributed by atoms with Crippen LogP contribution in [0.15, 0.2) is 0 Å².